The van der Waals surface area contributed by atoms with Gasteiger partial charge >= 0.3 is 0 Å². The molecule has 0 saturated heterocycles. The molecule has 0 radical (unpaired) electrons. The SMILES string of the molecule is CC(Nc1ccc(Cl)c(F)c1)c1ccc(F)cc1O. The Kier molecular flexibility index (Phi) is 3.90. The number of aromatic hydroxyl groups is 1. The molecule has 1 atom stereocenters. The molecule has 2 N–H and O–H groups in total. The van der Waals surface area contributed by atoms with Crippen molar-refractivity contribution in [2.24, 2.45) is 0 Å². The highest BCUT2D eigenvalue weighted by molar-refractivity contribution is 6.30. The van der Waals surface area contributed by atoms with Crippen molar-refractivity contribution in [3.05, 3.63) is 58.6 Å². The van der Waals surface area contributed by atoms with Crippen LogP contribution in [0.25, 0.3) is 0 Å². The van der Waals surface area contributed by atoms with Gasteiger partial charge in [0.2, 0.25) is 0 Å². The van der Waals surface area contributed by atoms with Gasteiger partial charge in [-0.1, -0.05) is 17.7 Å². The van der Waals surface area contributed by atoms with Crippen LogP contribution in [-0.2, 0) is 0 Å². The summed E-state index contributed by atoms with van der Waals surface area (Å²) in [6.45, 7) is 1.78. The third kappa shape index (κ3) is 3.15. The maximum atomic E-state index is 13.3. The number of benzene rings is 2. The summed E-state index contributed by atoms with van der Waals surface area (Å²) in [4.78, 5) is 0. The molecule has 100 valence electrons. The Labute approximate surface area is 114 Å². The lowest BCUT2D eigenvalue weighted by atomic mass is 10.1. The van der Waals surface area contributed by atoms with Crippen molar-refractivity contribution < 1.29 is 13.9 Å². The van der Waals surface area contributed by atoms with Crippen LogP contribution in [0.5, 0.6) is 5.75 Å². The summed E-state index contributed by atoms with van der Waals surface area (Å²) in [5.74, 6) is -1.18. The first-order chi connectivity index (χ1) is 8.97. The molecule has 0 aliphatic carbocycles. The van der Waals surface area contributed by atoms with E-state index in [1.165, 1.54) is 24.3 Å². The van der Waals surface area contributed by atoms with Gasteiger partial charge < -0.3 is 10.4 Å². The third-order valence-electron chi connectivity index (χ3n) is 2.76. The van der Waals surface area contributed by atoms with Gasteiger partial charge in [0.25, 0.3) is 0 Å². The average Bonchev–Trinajstić information content (AvgIpc) is 2.33. The Morgan fingerprint density at radius 1 is 1.16 bits per heavy atom. The van der Waals surface area contributed by atoms with Crippen molar-refractivity contribution in [1.82, 2.24) is 0 Å². The van der Waals surface area contributed by atoms with Crippen LogP contribution < -0.4 is 5.32 Å². The molecule has 0 heterocycles. The lowest BCUT2D eigenvalue weighted by Crippen LogP contribution is -2.07. The van der Waals surface area contributed by atoms with E-state index in [1.54, 1.807) is 13.0 Å². The predicted molar refractivity (Wildman–Crippen MR) is 71.5 cm³/mol. The van der Waals surface area contributed by atoms with E-state index in [4.69, 9.17) is 11.6 Å². The summed E-state index contributed by atoms with van der Waals surface area (Å²) in [6.07, 6.45) is 0. The van der Waals surface area contributed by atoms with Gasteiger partial charge in [0.1, 0.15) is 17.4 Å². The molecule has 2 aromatic carbocycles. The zero-order valence-corrected chi connectivity index (χ0v) is 10.9. The quantitative estimate of drug-likeness (QED) is 0.869. The first-order valence-corrected chi connectivity index (χ1v) is 6.05. The Morgan fingerprint density at radius 3 is 2.53 bits per heavy atom. The number of nitrogens with one attached hydrogen (secondary N) is 1. The molecule has 2 nitrogen and oxygen atoms in total. The van der Waals surface area contributed by atoms with Gasteiger partial charge in [0, 0.05) is 17.3 Å². The number of phenolic OH excluding ortho intramolecular Hbond substituents is 1. The summed E-state index contributed by atoms with van der Waals surface area (Å²) < 4.78 is 26.2. The fraction of sp³-hybridized carbons (Fsp3) is 0.143. The van der Waals surface area contributed by atoms with Crippen LogP contribution in [0.2, 0.25) is 5.02 Å². The highest BCUT2D eigenvalue weighted by Gasteiger charge is 2.11. The van der Waals surface area contributed by atoms with Gasteiger partial charge in [0.15, 0.2) is 0 Å². The predicted octanol–water partition coefficient (Wildman–Crippen LogP) is 4.50. The first kappa shape index (κ1) is 13.6. The van der Waals surface area contributed by atoms with Crippen LogP contribution >= 0.6 is 11.6 Å². The summed E-state index contributed by atoms with van der Waals surface area (Å²) in [5.41, 5.74) is 1.05. The highest BCUT2D eigenvalue weighted by atomic mass is 35.5. The van der Waals surface area contributed by atoms with Crippen LogP contribution in [0.15, 0.2) is 36.4 Å². The van der Waals surface area contributed by atoms with E-state index in [2.05, 4.69) is 5.32 Å². The zero-order chi connectivity index (χ0) is 14.0. The van der Waals surface area contributed by atoms with Gasteiger partial charge in [-0.25, -0.2) is 8.78 Å². The molecule has 1 unspecified atom stereocenters. The maximum absolute atomic E-state index is 13.3. The van der Waals surface area contributed by atoms with Crippen molar-refractivity contribution in [2.75, 3.05) is 5.32 Å². The topological polar surface area (TPSA) is 32.3 Å². The average molecular weight is 284 g/mol. The smallest absolute Gasteiger partial charge is 0.143 e. The maximum Gasteiger partial charge on any atom is 0.143 e. The van der Waals surface area contributed by atoms with Crippen molar-refractivity contribution >= 4 is 17.3 Å². The van der Waals surface area contributed by atoms with E-state index in [-0.39, 0.29) is 16.8 Å². The van der Waals surface area contributed by atoms with E-state index in [1.807, 2.05) is 0 Å². The standard InChI is InChI=1S/C14H12ClF2NO/c1-8(11-4-2-9(16)6-14(11)19)18-10-3-5-12(15)13(17)7-10/h2-8,18-19H,1H3. The molecular formula is C14H12ClF2NO. The number of halogens is 3. The minimum absolute atomic E-state index is 0.0443. The largest absolute Gasteiger partial charge is 0.507 e. The van der Waals surface area contributed by atoms with Gasteiger partial charge in [-0.2, -0.15) is 0 Å². The fourth-order valence-electron chi connectivity index (χ4n) is 1.80. The number of phenols is 1. The number of anilines is 1. The fourth-order valence-corrected chi connectivity index (χ4v) is 1.91. The first-order valence-electron chi connectivity index (χ1n) is 5.67. The van der Waals surface area contributed by atoms with E-state index < -0.39 is 11.6 Å². The van der Waals surface area contributed by atoms with E-state index >= 15 is 0 Å². The summed E-state index contributed by atoms with van der Waals surface area (Å²) in [6, 6.07) is 7.81. The minimum Gasteiger partial charge on any atom is -0.507 e. The molecule has 0 amide bonds. The Hall–Kier alpha value is -1.81. The molecule has 2 rings (SSSR count). The molecule has 2 aromatic rings. The second-order valence-corrected chi connectivity index (χ2v) is 4.61. The molecule has 0 bridgehead atoms. The monoisotopic (exact) mass is 283 g/mol. The van der Waals surface area contributed by atoms with Gasteiger partial charge in [-0.15, -0.1) is 0 Å². The molecule has 0 fully saturated rings. The highest BCUT2D eigenvalue weighted by Crippen LogP contribution is 2.28. The van der Waals surface area contributed by atoms with E-state index in [0.717, 1.165) is 6.07 Å². The molecule has 0 saturated carbocycles. The number of hydrogen-bond acceptors (Lipinski definition) is 2. The van der Waals surface area contributed by atoms with E-state index in [0.29, 0.717) is 11.3 Å². The van der Waals surface area contributed by atoms with Crippen LogP contribution in [0.1, 0.15) is 18.5 Å². The van der Waals surface area contributed by atoms with Crippen molar-refractivity contribution in [2.45, 2.75) is 13.0 Å². The number of rotatable bonds is 3. The van der Waals surface area contributed by atoms with Gasteiger partial charge in [0.05, 0.1) is 11.1 Å². The molecular weight excluding hydrogens is 272 g/mol. The summed E-state index contributed by atoms with van der Waals surface area (Å²) in [7, 11) is 0. The second kappa shape index (κ2) is 5.45. The Morgan fingerprint density at radius 2 is 1.89 bits per heavy atom. The van der Waals surface area contributed by atoms with Crippen LogP contribution in [-0.4, -0.2) is 5.11 Å². The lowest BCUT2D eigenvalue weighted by Gasteiger charge is -2.17. The van der Waals surface area contributed by atoms with Crippen molar-refractivity contribution in [1.29, 1.82) is 0 Å². The molecule has 0 spiro atoms. The Bertz CT molecular complexity index is 604. The third-order valence-corrected chi connectivity index (χ3v) is 3.07. The van der Waals surface area contributed by atoms with Gasteiger partial charge in [-0.3, -0.25) is 0 Å². The Balaban J connectivity index is 2.20. The zero-order valence-electron chi connectivity index (χ0n) is 10.1. The van der Waals surface area contributed by atoms with Crippen LogP contribution in [0.4, 0.5) is 14.5 Å². The molecule has 5 heteroatoms. The summed E-state index contributed by atoms with van der Waals surface area (Å²) in [5, 5.41) is 12.7. The minimum atomic E-state index is -0.526. The van der Waals surface area contributed by atoms with Gasteiger partial charge in [-0.05, 0) is 31.2 Å². The molecule has 0 aromatic heterocycles. The van der Waals surface area contributed by atoms with Crippen LogP contribution in [0.3, 0.4) is 0 Å². The van der Waals surface area contributed by atoms with Crippen molar-refractivity contribution in [3.63, 3.8) is 0 Å². The second-order valence-electron chi connectivity index (χ2n) is 4.20. The molecule has 0 aliphatic rings. The lowest BCUT2D eigenvalue weighted by molar-refractivity contribution is 0.459. The van der Waals surface area contributed by atoms with Crippen molar-refractivity contribution in [3.8, 4) is 5.75 Å². The summed E-state index contributed by atoms with van der Waals surface area (Å²) >= 11 is 5.59. The number of hydrogen-bond donors (Lipinski definition) is 2. The normalized spacial score (nSPS) is 12.2. The van der Waals surface area contributed by atoms with Crippen LogP contribution in [0, 0.1) is 11.6 Å². The molecule has 0 aliphatic heterocycles. The molecule has 19 heavy (non-hydrogen) atoms. The van der Waals surface area contributed by atoms with E-state index in [9.17, 15) is 13.9 Å².